The molecule has 0 aliphatic carbocycles. The smallest absolute Gasteiger partial charge is 0.258 e. The second kappa shape index (κ2) is 15.8. The molecule has 0 saturated carbocycles. The summed E-state index contributed by atoms with van der Waals surface area (Å²) in [5.74, 6) is 0.100. The van der Waals surface area contributed by atoms with Crippen LogP contribution in [0.3, 0.4) is 0 Å². The zero-order valence-corrected chi connectivity index (χ0v) is 26.1. The van der Waals surface area contributed by atoms with Gasteiger partial charge in [0, 0.05) is 19.0 Å². The second-order valence-corrected chi connectivity index (χ2v) is 11.6. The van der Waals surface area contributed by atoms with Crippen LogP contribution in [0.4, 0.5) is 5.69 Å². The van der Waals surface area contributed by atoms with Crippen LogP contribution in [-0.4, -0.2) is 66.6 Å². The fraction of sp³-hybridized carbons (Fsp3) is 0.297. The van der Waals surface area contributed by atoms with E-state index in [2.05, 4.69) is 72.8 Å². The van der Waals surface area contributed by atoms with Crippen molar-refractivity contribution in [1.29, 1.82) is 0 Å². The van der Waals surface area contributed by atoms with Crippen molar-refractivity contribution in [2.45, 2.75) is 32.9 Å². The van der Waals surface area contributed by atoms with E-state index in [9.17, 15) is 14.7 Å². The number of hydrogen-bond donors (Lipinski definition) is 2. The lowest BCUT2D eigenvalue weighted by molar-refractivity contribution is -0.115. The minimum atomic E-state index is -0.294. The largest absolute Gasteiger partial charge is 0.490 e. The lowest BCUT2D eigenvalue weighted by Crippen LogP contribution is -2.45. The highest BCUT2D eigenvalue weighted by Gasteiger charge is 2.29. The Morgan fingerprint density at radius 1 is 0.909 bits per heavy atom. The molecule has 1 aliphatic rings. The van der Waals surface area contributed by atoms with Crippen molar-refractivity contribution in [3.8, 4) is 16.9 Å². The van der Waals surface area contributed by atoms with Crippen molar-refractivity contribution in [3.05, 3.63) is 120 Å². The fourth-order valence-electron chi connectivity index (χ4n) is 5.06. The summed E-state index contributed by atoms with van der Waals surface area (Å²) in [6, 6.07) is 33.6. The number of carbonyl (C=O) groups is 2. The molecule has 4 aromatic carbocycles. The van der Waals surface area contributed by atoms with Crippen LogP contribution in [0.1, 0.15) is 35.3 Å². The van der Waals surface area contributed by atoms with Crippen LogP contribution < -0.4 is 10.1 Å². The Morgan fingerprint density at radius 2 is 1.55 bits per heavy atom. The number of anilines is 1. The van der Waals surface area contributed by atoms with Crippen LogP contribution in [0.25, 0.3) is 11.1 Å². The lowest BCUT2D eigenvalue weighted by Gasteiger charge is -2.33. The molecule has 7 nitrogen and oxygen atoms in total. The Bertz CT molecular complexity index is 1490. The van der Waals surface area contributed by atoms with Crippen molar-refractivity contribution in [3.63, 3.8) is 0 Å². The second-order valence-electron chi connectivity index (χ2n) is 11.6. The molecule has 1 aliphatic heterocycles. The number of aliphatic hydroxyl groups is 1. The molecular formula is C37H43N3O4. The predicted octanol–water partition coefficient (Wildman–Crippen LogP) is 6.13. The molecule has 4 aromatic rings. The molecule has 0 unspecified atom stereocenters. The molecule has 0 spiro atoms. The van der Waals surface area contributed by atoms with E-state index >= 15 is 0 Å². The van der Waals surface area contributed by atoms with Crippen molar-refractivity contribution in [2.24, 2.45) is 5.92 Å². The van der Waals surface area contributed by atoms with Gasteiger partial charge < -0.3 is 25.0 Å². The summed E-state index contributed by atoms with van der Waals surface area (Å²) in [7, 11) is 4.18. The van der Waals surface area contributed by atoms with Crippen molar-refractivity contribution < 1.29 is 19.4 Å². The van der Waals surface area contributed by atoms with Gasteiger partial charge in [0.2, 0.25) is 5.91 Å². The highest BCUT2D eigenvalue weighted by atomic mass is 16.5. The number of rotatable bonds is 8. The summed E-state index contributed by atoms with van der Waals surface area (Å²) in [6.45, 7) is 5.62. The van der Waals surface area contributed by atoms with Gasteiger partial charge in [-0.2, -0.15) is 0 Å². The highest BCUT2D eigenvalue weighted by molar-refractivity contribution is 6.02. The Kier molecular flexibility index (Phi) is 11.7. The zero-order valence-electron chi connectivity index (χ0n) is 26.1. The van der Waals surface area contributed by atoms with Crippen molar-refractivity contribution in [1.82, 2.24) is 9.80 Å². The maximum absolute atomic E-state index is 13.1. The Hall–Kier alpha value is -4.46. The zero-order chi connectivity index (χ0) is 31.5. The third kappa shape index (κ3) is 9.02. The summed E-state index contributed by atoms with van der Waals surface area (Å²) in [4.78, 5) is 29.4. The standard InChI is InChI=1S/C22H26N2O4.C15H17N/c1-15-12-24(16(2)13-25)22(27)18-9-6-10-19(21(18)28-14-15)23-20(26)11-17-7-4-3-5-8-17;1-16(2)12-13-8-10-15(11-9-13)14-6-4-3-5-7-14/h3-10,15-16,25H,11-14H2,1-2H3,(H,23,26);3-11H,12H2,1-2H3/t15-,16+;/m1./s1. The number of para-hydroxylation sites is 1. The Labute approximate surface area is 261 Å². The Morgan fingerprint density at radius 3 is 2.18 bits per heavy atom. The Balaban J connectivity index is 0.000000233. The molecule has 2 N–H and O–H groups in total. The molecule has 7 heteroatoms. The van der Waals surface area contributed by atoms with Crippen LogP contribution in [-0.2, 0) is 17.8 Å². The van der Waals surface area contributed by atoms with Gasteiger partial charge in [0.1, 0.15) is 0 Å². The van der Waals surface area contributed by atoms with E-state index in [4.69, 9.17) is 4.74 Å². The van der Waals surface area contributed by atoms with E-state index in [-0.39, 0.29) is 36.8 Å². The third-order valence-corrected chi connectivity index (χ3v) is 7.36. The van der Waals surface area contributed by atoms with Crippen LogP contribution in [0, 0.1) is 5.92 Å². The first kappa shape index (κ1) is 32.5. The molecule has 0 radical (unpaired) electrons. The summed E-state index contributed by atoms with van der Waals surface area (Å²) in [6.07, 6.45) is 0.239. The van der Waals surface area contributed by atoms with E-state index in [1.54, 1.807) is 23.1 Å². The number of benzene rings is 4. The first-order valence-electron chi connectivity index (χ1n) is 15.1. The van der Waals surface area contributed by atoms with Gasteiger partial charge in [-0.1, -0.05) is 97.9 Å². The maximum Gasteiger partial charge on any atom is 0.258 e. The number of carbonyl (C=O) groups excluding carboxylic acids is 2. The number of aliphatic hydroxyl groups excluding tert-OH is 1. The normalized spacial score (nSPS) is 15.2. The number of ether oxygens (including phenoxy) is 1. The molecule has 2 amide bonds. The summed E-state index contributed by atoms with van der Waals surface area (Å²) in [5.41, 5.74) is 5.70. The maximum atomic E-state index is 13.1. The van der Waals surface area contributed by atoms with Gasteiger partial charge >= 0.3 is 0 Å². The number of nitrogens with zero attached hydrogens (tertiary/aromatic N) is 2. The fourth-order valence-corrected chi connectivity index (χ4v) is 5.06. The third-order valence-electron chi connectivity index (χ3n) is 7.36. The quantitative estimate of drug-likeness (QED) is 0.257. The average Bonchev–Trinajstić information content (AvgIpc) is 3.03. The minimum absolute atomic E-state index is 0.0965. The minimum Gasteiger partial charge on any atom is -0.490 e. The molecule has 2 atom stereocenters. The lowest BCUT2D eigenvalue weighted by atomic mass is 10.0. The summed E-state index contributed by atoms with van der Waals surface area (Å²) < 4.78 is 5.93. The first-order chi connectivity index (χ1) is 21.2. The van der Waals surface area contributed by atoms with Gasteiger partial charge in [-0.15, -0.1) is 0 Å². The number of nitrogens with one attached hydrogen (secondary N) is 1. The van der Waals surface area contributed by atoms with Crippen LogP contribution >= 0.6 is 0 Å². The van der Waals surface area contributed by atoms with Gasteiger partial charge in [-0.3, -0.25) is 9.59 Å². The average molecular weight is 594 g/mol. The van der Waals surface area contributed by atoms with Gasteiger partial charge in [-0.05, 0) is 55.4 Å². The van der Waals surface area contributed by atoms with E-state index in [1.807, 2.05) is 50.2 Å². The van der Waals surface area contributed by atoms with Crippen molar-refractivity contribution >= 4 is 17.5 Å². The van der Waals surface area contributed by atoms with Gasteiger partial charge in [0.25, 0.3) is 5.91 Å². The van der Waals surface area contributed by atoms with E-state index in [0.717, 1.165) is 12.1 Å². The summed E-state index contributed by atoms with van der Waals surface area (Å²) in [5, 5.41) is 12.4. The van der Waals surface area contributed by atoms with Crippen LogP contribution in [0.15, 0.2) is 103 Å². The first-order valence-corrected chi connectivity index (χ1v) is 15.1. The topological polar surface area (TPSA) is 82.1 Å². The molecule has 0 aromatic heterocycles. The van der Waals surface area contributed by atoms with Crippen LogP contribution in [0.2, 0.25) is 0 Å². The van der Waals surface area contributed by atoms with E-state index in [1.165, 1.54) is 16.7 Å². The summed E-state index contributed by atoms with van der Waals surface area (Å²) >= 11 is 0. The number of fused-ring (bicyclic) bond motifs is 1. The highest BCUT2D eigenvalue weighted by Crippen LogP contribution is 2.33. The molecular weight excluding hydrogens is 550 g/mol. The number of hydrogen-bond acceptors (Lipinski definition) is 5. The molecule has 0 saturated heterocycles. The van der Waals surface area contributed by atoms with Crippen LogP contribution in [0.5, 0.6) is 5.75 Å². The monoisotopic (exact) mass is 593 g/mol. The molecule has 0 fully saturated rings. The molecule has 0 bridgehead atoms. The molecule has 5 rings (SSSR count). The van der Waals surface area contributed by atoms with Gasteiger partial charge in [0.05, 0.1) is 36.9 Å². The van der Waals surface area contributed by atoms with Crippen molar-refractivity contribution in [2.75, 3.05) is 39.2 Å². The molecule has 44 heavy (non-hydrogen) atoms. The molecule has 230 valence electrons. The SMILES string of the molecule is CN(C)Cc1ccc(-c2ccccc2)cc1.C[C@H]1COc2c(NC(=O)Cc3ccccc3)cccc2C(=O)N([C@@H](C)CO)C1. The molecule has 1 heterocycles. The predicted molar refractivity (Wildman–Crippen MR) is 177 cm³/mol. The van der Waals surface area contributed by atoms with Gasteiger partial charge in [0.15, 0.2) is 5.75 Å². The van der Waals surface area contributed by atoms with E-state index < -0.39 is 0 Å². The van der Waals surface area contributed by atoms with E-state index in [0.29, 0.717) is 30.2 Å². The van der Waals surface area contributed by atoms with Gasteiger partial charge in [-0.25, -0.2) is 0 Å². The number of amides is 2.